The number of carbonyl (C=O) groups excluding carboxylic acids is 1. The molecular formula is C6H8O6. The standard InChI is InChI=1S/C6H8O6/c7-5-10-3-4(11-5)12-6-8-1-2-9-6/h4,6H,1-3H2. The summed E-state index contributed by atoms with van der Waals surface area (Å²) in [5, 5.41) is 0. The van der Waals surface area contributed by atoms with Crippen LogP contribution in [-0.4, -0.2) is 38.7 Å². The quantitative estimate of drug-likeness (QED) is 0.544. The lowest BCUT2D eigenvalue weighted by Gasteiger charge is -2.12. The summed E-state index contributed by atoms with van der Waals surface area (Å²) in [6.45, 7) is 0.338. The van der Waals surface area contributed by atoms with Gasteiger partial charge in [-0.25, -0.2) is 4.79 Å². The zero-order valence-electron chi connectivity index (χ0n) is 6.23. The topological polar surface area (TPSA) is 63.2 Å². The molecule has 0 aromatic heterocycles. The molecule has 0 radical (unpaired) electrons. The van der Waals surface area contributed by atoms with E-state index in [2.05, 4.69) is 9.47 Å². The molecule has 2 aliphatic heterocycles. The van der Waals surface area contributed by atoms with Crippen LogP contribution in [0.15, 0.2) is 0 Å². The van der Waals surface area contributed by atoms with E-state index in [1.165, 1.54) is 0 Å². The van der Waals surface area contributed by atoms with Gasteiger partial charge in [0.1, 0.15) is 0 Å². The van der Waals surface area contributed by atoms with Crippen molar-refractivity contribution >= 4 is 6.16 Å². The van der Waals surface area contributed by atoms with Gasteiger partial charge in [0, 0.05) is 0 Å². The highest BCUT2D eigenvalue weighted by Gasteiger charge is 2.30. The molecule has 0 spiro atoms. The first-order chi connectivity index (χ1) is 5.84. The summed E-state index contributed by atoms with van der Waals surface area (Å²) in [4.78, 5) is 10.4. The second kappa shape index (κ2) is 3.26. The van der Waals surface area contributed by atoms with Crippen LogP contribution in [0.2, 0.25) is 0 Å². The predicted octanol–water partition coefficient (Wildman–Crippen LogP) is -0.174. The van der Waals surface area contributed by atoms with Crippen LogP contribution in [0.1, 0.15) is 0 Å². The van der Waals surface area contributed by atoms with Crippen molar-refractivity contribution in [3.63, 3.8) is 0 Å². The maximum Gasteiger partial charge on any atom is 0.510 e. The van der Waals surface area contributed by atoms with Gasteiger partial charge in [0.05, 0.1) is 13.2 Å². The van der Waals surface area contributed by atoms with E-state index in [9.17, 15) is 4.79 Å². The Labute approximate surface area is 68.3 Å². The first-order valence-electron chi connectivity index (χ1n) is 3.57. The van der Waals surface area contributed by atoms with Gasteiger partial charge < -0.3 is 18.9 Å². The Bertz CT molecular complexity index is 175. The number of carbonyl (C=O) groups is 1. The highest BCUT2D eigenvalue weighted by molar-refractivity contribution is 5.61. The molecule has 0 aromatic carbocycles. The SMILES string of the molecule is O=C1OCC(OC2OCCO2)O1. The van der Waals surface area contributed by atoms with Crippen molar-refractivity contribution in [3.8, 4) is 0 Å². The minimum Gasteiger partial charge on any atom is -0.428 e. The van der Waals surface area contributed by atoms with Crippen LogP contribution in [0.25, 0.3) is 0 Å². The van der Waals surface area contributed by atoms with E-state index < -0.39 is 18.9 Å². The van der Waals surface area contributed by atoms with E-state index >= 15 is 0 Å². The lowest BCUT2D eigenvalue weighted by atomic mass is 10.7. The molecule has 0 aliphatic carbocycles. The summed E-state index contributed by atoms with van der Waals surface area (Å²) in [5.74, 6) is 0. The first kappa shape index (κ1) is 7.78. The van der Waals surface area contributed by atoms with Crippen LogP contribution < -0.4 is 0 Å². The molecule has 2 saturated heterocycles. The molecule has 0 bridgehead atoms. The van der Waals surface area contributed by atoms with E-state index in [0.29, 0.717) is 13.2 Å². The molecule has 1 unspecified atom stereocenters. The zero-order valence-corrected chi connectivity index (χ0v) is 6.23. The van der Waals surface area contributed by atoms with Gasteiger partial charge in [-0.15, -0.1) is 0 Å². The summed E-state index contributed by atoms with van der Waals surface area (Å²) in [7, 11) is 0. The summed E-state index contributed by atoms with van der Waals surface area (Å²) < 4.78 is 24.0. The molecule has 2 rings (SSSR count). The van der Waals surface area contributed by atoms with Gasteiger partial charge in [0.2, 0.25) is 6.29 Å². The maximum absolute atomic E-state index is 10.4. The number of ether oxygens (including phenoxy) is 5. The normalized spacial score (nSPS) is 30.3. The summed E-state index contributed by atoms with van der Waals surface area (Å²) in [5.41, 5.74) is 0. The molecule has 2 fully saturated rings. The van der Waals surface area contributed by atoms with Crippen molar-refractivity contribution in [1.82, 2.24) is 0 Å². The third-order valence-corrected chi connectivity index (χ3v) is 1.42. The van der Waals surface area contributed by atoms with Gasteiger partial charge in [-0.05, 0) is 0 Å². The second-order valence-electron chi connectivity index (χ2n) is 2.27. The van der Waals surface area contributed by atoms with Crippen molar-refractivity contribution in [2.24, 2.45) is 0 Å². The smallest absolute Gasteiger partial charge is 0.428 e. The third kappa shape index (κ3) is 1.66. The first-order valence-corrected chi connectivity index (χ1v) is 3.57. The Balaban J connectivity index is 1.75. The molecule has 2 aliphatic rings. The van der Waals surface area contributed by atoms with Crippen molar-refractivity contribution < 1.29 is 28.5 Å². The van der Waals surface area contributed by atoms with Crippen molar-refractivity contribution in [2.45, 2.75) is 12.8 Å². The Kier molecular flexibility index (Phi) is 2.11. The lowest BCUT2D eigenvalue weighted by Crippen LogP contribution is -2.24. The molecular weight excluding hydrogens is 168 g/mol. The van der Waals surface area contributed by atoms with Crippen LogP contribution in [0.3, 0.4) is 0 Å². The van der Waals surface area contributed by atoms with Crippen LogP contribution in [0.5, 0.6) is 0 Å². The van der Waals surface area contributed by atoms with Gasteiger partial charge in [0.25, 0.3) is 6.48 Å². The molecule has 12 heavy (non-hydrogen) atoms. The van der Waals surface area contributed by atoms with Crippen molar-refractivity contribution in [2.75, 3.05) is 19.8 Å². The third-order valence-electron chi connectivity index (χ3n) is 1.42. The fourth-order valence-corrected chi connectivity index (χ4v) is 0.918. The molecule has 0 N–H and O–H groups in total. The molecule has 68 valence electrons. The van der Waals surface area contributed by atoms with E-state index in [1.807, 2.05) is 0 Å². The molecule has 0 amide bonds. The molecule has 6 heteroatoms. The number of hydrogen-bond donors (Lipinski definition) is 0. The summed E-state index contributed by atoms with van der Waals surface area (Å²) in [6, 6.07) is 0. The van der Waals surface area contributed by atoms with Crippen molar-refractivity contribution in [3.05, 3.63) is 0 Å². The van der Waals surface area contributed by atoms with Crippen LogP contribution >= 0.6 is 0 Å². The Morgan fingerprint density at radius 2 is 2.08 bits per heavy atom. The monoisotopic (exact) mass is 176 g/mol. The van der Waals surface area contributed by atoms with Gasteiger partial charge in [-0.3, -0.25) is 4.74 Å². The Morgan fingerprint density at radius 1 is 1.33 bits per heavy atom. The van der Waals surface area contributed by atoms with Gasteiger partial charge >= 0.3 is 6.16 Å². The highest BCUT2D eigenvalue weighted by Crippen LogP contribution is 2.13. The number of hydrogen-bond acceptors (Lipinski definition) is 6. The molecule has 2 heterocycles. The second-order valence-corrected chi connectivity index (χ2v) is 2.27. The van der Waals surface area contributed by atoms with E-state index in [1.54, 1.807) is 0 Å². The average Bonchev–Trinajstić information content (AvgIpc) is 2.63. The van der Waals surface area contributed by atoms with Crippen LogP contribution in [0.4, 0.5) is 4.79 Å². The summed E-state index contributed by atoms with van der Waals surface area (Å²) >= 11 is 0. The number of rotatable bonds is 2. The molecule has 0 aromatic rings. The van der Waals surface area contributed by atoms with Crippen LogP contribution in [0, 0.1) is 0 Å². The molecule has 1 atom stereocenters. The highest BCUT2D eigenvalue weighted by atomic mass is 16.9. The average molecular weight is 176 g/mol. The minimum atomic E-state index is -0.732. The molecule has 0 saturated carbocycles. The van der Waals surface area contributed by atoms with Crippen LogP contribution in [-0.2, 0) is 23.7 Å². The van der Waals surface area contributed by atoms with E-state index in [0.717, 1.165) is 0 Å². The maximum atomic E-state index is 10.4. The fourth-order valence-electron chi connectivity index (χ4n) is 0.918. The predicted molar refractivity (Wildman–Crippen MR) is 33.0 cm³/mol. The van der Waals surface area contributed by atoms with Gasteiger partial charge in [0.15, 0.2) is 6.61 Å². The Hall–Kier alpha value is -0.850. The van der Waals surface area contributed by atoms with Gasteiger partial charge in [-0.1, -0.05) is 0 Å². The zero-order chi connectivity index (χ0) is 8.39. The van der Waals surface area contributed by atoms with Gasteiger partial charge in [-0.2, -0.15) is 0 Å². The summed E-state index contributed by atoms with van der Waals surface area (Å²) in [6.07, 6.45) is -1.43. The Morgan fingerprint density at radius 3 is 2.67 bits per heavy atom. The lowest BCUT2D eigenvalue weighted by molar-refractivity contribution is -0.283. The minimum absolute atomic E-state index is 0.0854. The van der Waals surface area contributed by atoms with E-state index in [4.69, 9.17) is 14.2 Å². The van der Waals surface area contributed by atoms with E-state index in [-0.39, 0.29) is 6.61 Å². The fraction of sp³-hybridized carbons (Fsp3) is 0.833. The van der Waals surface area contributed by atoms with Crippen molar-refractivity contribution in [1.29, 1.82) is 0 Å². The largest absolute Gasteiger partial charge is 0.510 e. The number of cyclic esters (lactones) is 2. The molecule has 6 nitrogen and oxygen atoms in total.